The average molecular weight is 930 g/mol. The first kappa shape index (κ1) is 48.0. The summed E-state index contributed by atoms with van der Waals surface area (Å²) in [5, 5.41) is 11.7. The first-order valence-electron chi connectivity index (χ1n) is 23.9. The second-order valence-electron chi connectivity index (χ2n) is 18.4. The lowest BCUT2D eigenvalue weighted by Gasteiger charge is -2.39. The Hall–Kier alpha value is -6.43. The number of nitrogens with zero attached hydrogens (tertiary/aromatic N) is 4. The fraction of sp³-hybridized carbons (Fsp3) is 0.471. The number of piperidine rings is 1. The number of pyridine rings is 1. The van der Waals surface area contributed by atoms with Crippen LogP contribution in [0.3, 0.4) is 0 Å². The van der Waals surface area contributed by atoms with Crippen LogP contribution in [-0.2, 0) is 37.0 Å². The van der Waals surface area contributed by atoms with Crippen molar-refractivity contribution in [2.75, 3.05) is 70.9 Å². The van der Waals surface area contributed by atoms with E-state index < -0.39 is 35.6 Å². The number of piperazine rings is 1. The monoisotopic (exact) mass is 929 g/mol. The molecule has 3 aromatic rings. The number of likely N-dealkylation sites (N-methyl/N-ethyl adjacent to an activating group) is 1. The Morgan fingerprint density at radius 2 is 1.65 bits per heavy atom. The summed E-state index contributed by atoms with van der Waals surface area (Å²) in [6, 6.07) is 14.7. The van der Waals surface area contributed by atoms with Crippen molar-refractivity contribution in [1.82, 2.24) is 40.5 Å². The predicted octanol–water partition coefficient (Wildman–Crippen LogP) is 3.23. The number of aryl methyl sites for hydroxylation is 2. The molecule has 4 aliphatic heterocycles. The van der Waals surface area contributed by atoms with Gasteiger partial charge in [0, 0.05) is 107 Å². The fourth-order valence-corrected chi connectivity index (χ4v) is 10.2. The molecule has 1 aliphatic carbocycles. The third-order valence-electron chi connectivity index (χ3n) is 14.0. The third-order valence-corrected chi connectivity index (χ3v) is 14.0. The lowest BCUT2D eigenvalue weighted by molar-refractivity contribution is -0.136. The van der Waals surface area contributed by atoms with Gasteiger partial charge in [-0.25, -0.2) is 0 Å². The number of anilines is 1. The van der Waals surface area contributed by atoms with Crippen molar-refractivity contribution in [2.24, 2.45) is 5.92 Å². The maximum absolute atomic E-state index is 14.1. The molecule has 2 aromatic carbocycles. The minimum Gasteiger partial charge on any atom is -0.383 e. The summed E-state index contributed by atoms with van der Waals surface area (Å²) in [5.41, 5.74) is 8.32. The minimum absolute atomic E-state index is 0.00374. The van der Waals surface area contributed by atoms with Gasteiger partial charge in [0.25, 0.3) is 17.4 Å². The number of nitrogens with one attached hydrogen (secondary N) is 5. The third kappa shape index (κ3) is 10.5. The van der Waals surface area contributed by atoms with Crippen LogP contribution in [-0.4, -0.2) is 138 Å². The number of amides is 6. The number of hydrogen-bond donors (Lipinski definition) is 5. The van der Waals surface area contributed by atoms with E-state index in [0.29, 0.717) is 63.1 Å². The van der Waals surface area contributed by atoms with Crippen molar-refractivity contribution in [2.45, 2.75) is 85.0 Å². The Labute approximate surface area is 396 Å². The Morgan fingerprint density at radius 3 is 2.35 bits per heavy atom. The molecule has 68 heavy (non-hydrogen) atoms. The Bertz CT molecular complexity index is 2570. The largest absolute Gasteiger partial charge is 0.383 e. The number of ether oxygens (including phenoxy) is 1. The number of carbonyl (C=O) groups is 6. The number of benzene rings is 2. The zero-order valence-electron chi connectivity index (χ0n) is 39.5. The van der Waals surface area contributed by atoms with Crippen molar-refractivity contribution in [3.05, 3.63) is 115 Å². The van der Waals surface area contributed by atoms with Crippen LogP contribution in [0, 0.1) is 19.8 Å². The summed E-state index contributed by atoms with van der Waals surface area (Å²) in [4.78, 5) is 101. The molecule has 5 heterocycles. The standard InChI is InChI=1S/C51H63N9O8/c1-5-59(37-15-23-68-24-16-37)43-27-36(26-39(33(43)4)47(63)54-28-40-31(2)25-32(3)55-48(40)64)35-11-9-34(10-12-35)30-57-19-21-58(22-20-57)45(62)29-52-17-18-53-41-8-6-7-38-46(41)51(67)60(50(38)66)42-13-14-44(61)56-49(42)65/h6-12,25,27,37,39,42,52-53H,5,13-24,26,28-30H2,1-4H3,(H,54,63)(H,55,64)(H,56,61,65). The summed E-state index contributed by atoms with van der Waals surface area (Å²) in [6.07, 6.45) is 4.80. The van der Waals surface area contributed by atoms with Crippen LogP contribution >= 0.6 is 0 Å². The lowest BCUT2D eigenvalue weighted by Crippen LogP contribution is -2.54. The molecule has 6 amide bonds. The van der Waals surface area contributed by atoms with Crippen LogP contribution in [0.4, 0.5) is 5.69 Å². The molecule has 2 atom stereocenters. The van der Waals surface area contributed by atoms with Crippen LogP contribution < -0.4 is 26.8 Å². The van der Waals surface area contributed by atoms with Crippen molar-refractivity contribution >= 4 is 46.7 Å². The predicted molar refractivity (Wildman–Crippen MR) is 256 cm³/mol. The average Bonchev–Trinajstić information content (AvgIpc) is 3.58. The Balaban J connectivity index is 0.823. The summed E-state index contributed by atoms with van der Waals surface area (Å²) in [6.45, 7) is 14.8. The number of fused-ring (bicyclic) bond motifs is 1. The van der Waals surface area contributed by atoms with E-state index in [2.05, 4.69) is 80.2 Å². The van der Waals surface area contributed by atoms with Gasteiger partial charge in [0.15, 0.2) is 0 Å². The lowest BCUT2D eigenvalue weighted by atomic mass is 9.82. The maximum Gasteiger partial charge on any atom is 0.264 e. The van der Waals surface area contributed by atoms with Crippen molar-refractivity contribution in [3.8, 4) is 0 Å². The van der Waals surface area contributed by atoms with Gasteiger partial charge in [0.2, 0.25) is 23.6 Å². The van der Waals surface area contributed by atoms with Gasteiger partial charge in [-0.3, -0.25) is 48.7 Å². The van der Waals surface area contributed by atoms with Gasteiger partial charge >= 0.3 is 0 Å². The number of imide groups is 2. The molecule has 8 rings (SSSR count). The van der Waals surface area contributed by atoms with E-state index in [1.807, 2.05) is 24.8 Å². The molecule has 0 bridgehead atoms. The van der Waals surface area contributed by atoms with Crippen LogP contribution in [0.2, 0.25) is 0 Å². The van der Waals surface area contributed by atoms with E-state index in [9.17, 15) is 33.6 Å². The van der Waals surface area contributed by atoms with Gasteiger partial charge in [-0.05, 0) is 105 Å². The molecule has 0 spiro atoms. The van der Waals surface area contributed by atoms with Crippen LogP contribution in [0.25, 0.3) is 5.57 Å². The maximum atomic E-state index is 14.1. The number of aromatic amines is 1. The van der Waals surface area contributed by atoms with Gasteiger partial charge in [-0.2, -0.15) is 0 Å². The van der Waals surface area contributed by atoms with Crippen molar-refractivity contribution < 1.29 is 33.5 Å². The molecule has 2 unspecified atom stereocenters. The van der Waals surface area contributed by atoms with Gasteiger partial charge in [0.05, 0.1) is 23.6 Å². The summed E-state index contributed by atoms with van der Waals surface area (Å²) >= 11 is 0. The molecule has 0 radical (unpaired) electrons. The Morgan fingerprint density at radius 1 is 0.897 bits per heavy atom. The van der Waals surface area contributed by atoms with Crippen LogP contribution in [0.1, 0.15) is 94.6 Å². The van der Waals surface area contributed by atoms with Crippen LogP contribution in [0.5, 0.6) is 0 Å². The van der Waals surface area contributed by atoms with E-state index in [1.165, 1.54) is 0 Å². The highest BCUT2D eigenvalue weighted by molar-refractivity contribution is 6.25. The molecule has 5 aliphatic rings. The number of rotatable bonds is 16. The smallest absolute Gasteiger partial charge is 0.264 e. The summed E-state index contributed by atoms with van der Waals surface area (Å²) < 4.78 is 5.70. The second-order valence-corrected chi connectivity index (χ2v) is 18.4. The molecule has 0 saturated carbocycles. The molecular weight excluding hydrogens is 867 g/mol. The number of aromatic nitrogens is 1. The van der Waals surface area contributed by atoms with E-state index in [-0.39, 0.29) is 54.4 Å². The first-order valence-corrected chi connectivity index (χ1v) is 23.9. The highest BCUT2D eigenvalue weighted by atomic mass is 16.5. The molecule has 3 saturated heterocycles. The molecule has 17 nitrogen and oxygen atoms in total. The zero-order chi connectivity index (χ0) is 48.1. The highest BCUT2D eigenvalue weighted by Gasteiger charge is 2.45. The molecule has 360 valence electrons. The highest BCUT2D eigenvalue weighted by Crippen LogP contribution is 2.38. The molecule has 3 fully saturated rings. The van der Waals surface area contributed by atoms with E-state index in [0.717, 1.165) is 83.1 Å². The summed E-state index contributed by atoms with van der Waals surface area (Å²) in [7, 11) is 0. The first-order chi connectivity index (χ1) is 32.8. The quantitative estimate of drug-likeness (QED) is 0.104. The number of H-pyrrole nitrogens is 1. The Kier molecular flexibility index (Phi) is 15.0. The molecule has 5 N–H and O–H groups in total. The molecule has 1 aromatic heterocycles. The fourth-order valence-electron chi connectivity index (χ4n) is 10.2. The normalized spacial score (nSPS) is 20.3. The number of hydrogen-bond acceptors (Lipinski definition) is 12. The SMILES string of the molecule is CCN(C1=C(C)C(C(=O)NCc2c(C)cc(C)[nH]c2=O)CC(c2ccc(CN3CCN(C(=O)CNCCNc4cccc5c4C(=O)N(C4CCC(=O)NC4=O)C5=O)CC3)cc2)=C1)C1CCOCC1. The number of carbonyl (C=O) groups excluding carboxylic acids is 6. The van der Waals surface area contributed by atoms with E-state index in [4.69, 9.17) is 4.74 Å². The number of allylic oxidation sites excluding steroid dienone is 2. The topological polar surface area (TPSA) is 206 Å². The van der Waals surface area contributed by atoms with E-state index >= 15 is 0 Å². The molecular formula is C51H63N9O8. The summed E-state index contributed by atoms with van der Waals surface area (Å²) in [5.74, 6) is -2.71. The van der Waals surface area contributed by atoms with Gasteiger partial charge < -0.3 is 35.5 Å². The van der Waals surface area contributed by atoms with Crippen LogP contribution in [0.15, 0.2) is 70.7 Å². The van der Waals surface area contributed by atoms with Crippen molar-refractivity contribution in [1.29, 1.82) is 0 Å². The van der Waals surface area contributed by atoms with Gasteiger partial charge in [-0.1, -0.05) is 30.3 Å². The molecule has 17 heteroatoms. The van der Waals surface area contributed by atoms with Crippen molar-refractivity contribution in [3.63, 3.8) is 0 Å². The van der Waals surface area contributed by atoms with Gasteiger partial charge in [-0.15, -0.1) is 0 Å². The second kappa shape index (κ2) is 21.3. The van der Waals surface area contributed by atoms with E-state index in [1.54, 1.807) is 18.2 Å². The van der Waals surface area contributed by atoms with Gasteiger partial charge in [0.1, 0.15) is 6.04 Å². The minimum atomic E-state index is -1.04. The zero-order valence-corrected chi connectivity index (χ0v) is 39.5.